The number of nitrogens with one attached hydrogen (secondary N) is 1. The zero-order valence-corrected chi connectivity index (χ0v) is 15.2. The van der Waals surface area contributed by atoms with Crippen LogP contribution in [0.1, 0.15) is 0 Å². The maximum atomic E-state index is 13.6. The van der Waals surface area contributed by atoms with Crippen molar-refractivity contribution in [2.24, 2.45) is 0 Å². The Labute approximate surface area is 162 Å². The molecule has 0 saturated heterocycles. The first-order chi connectivity index (χ1) is 13.6. The molecular weight excluding hydrogens is 384 g/mol. The highest BCUT2D eigenvalue weighted by molar-refractivity contribution is 7.99. The van der Waals surface area contributed by atoms with E-state index < -0.39 is 5.82 Å². The standard InChI is InChI=1S/C19H13F2N5OS/c20-13-5-3-4-12(10-13)19-24-23-16-8-9-18(25-26(16)19)28-11-17(27)22-15-7-2-1-6-14(15)21/h1-10H,11H2,(H,22,27). The molecule has 0 saturated carbocycles. The molecule has 0 radical (unpaired) electrons. The predicted octanol–water partition coefficient (Wildman–Crippen LogP) is 3.80. The molecule has 0 fully saturated rings. The number of hydrogen-bond acceptors (Lipinski definition) is 5. The van der Waals surface area contributed by atoms with E-state index in [-0.39, 0.29) is 23.2 Å². The van der Waals surface area contributed by atoms with Crippen molar-refractivity contribution in [2.75, 3.05) is 11.1 Å². The highest BCUT2D eigenvalue weighted by Crippen LogP contribution is 2.21. The van der Waals surface area contributed by atoms with Crippen LogP contribution >= 0.6 is 11.8 Å². The molecule has 28 heavy (non-hydrogen) atoms. The molecular formula is C19H13F2N5OS. The van der Waals surface area contributed by atoms with Gasteiger partial charge in [0.2, 0.25) is 5.91 Å². The Kier molecular flexibility index (Phi) is 4.98. The molecule has 0 atom stereocenters. The topological polar surface area (TPSA) is 72.2 Å². The molecule has 0 aliphatic rings. The number of para-hydroxylation sites is 1. The normalized spacial score (nSPS) is 10.9. The van der Waals surface area contributed by atoms with E-state index in [2.05, 4.69) is 20.6 Å². The number of anilines is 1. The van der Waals surface area contributed by atoms with E-state index in [1.807, 2.05) is 0 Å². The lowest BCUT2D eigenvalue weighted by Crippen LogP contribution is -2.15. The molecule has 4 aromatic rings. The second-order valence-electron chi connectivity index (χ2n) is 5.79. The largest absolute Gasteiger partial charge is 0.323 e. The van der Waals surface area contributed by atoms with E-state index in [4.69, 9.17) is 0 Å². The van der Waals surface area contributed by atoms with Crippen LogP contribution in [0.3, 0.4) is 0 Å². The Morgan fingerprint density at radius 1 is 1.04 bits per heavy atom. The number of rotatable bonds is 5. The van der Waals surface area contributed by atoms with E-state index >= 15 is 0 Å². The van der Waals surface area contributed by atoms with E-state index in [1.165, 1.54) is 40.5 Å². The number of nitrogens with zero attached hydrogens (tertiary/aromatic N) is 4. The zero-order chi connectivity index (χ0) is 19.5. The van der Waals surface area contributed by atoms with Crippen LogP contribution in [-0.4, -0.2) is 31.5 Å². The lowest BCUT2D eigenvalue weighted by Gasteiger charge is -2.06. The van der Waals surface area contributed by atoms with Crippen LogP contribution in [0, 0.1) is 11.6 Å². The number of thioether (sulfide) groups is 1. The van der Waals surface area contributed by atoms with Gasteiger partial charge in [-0.3, -0.25) is 4.79 Å². The first-order valence-corrected chi connectivity index (χ1v) is 9.24. The first kappa shape index (κ1) is 18.1. The molecule has 2 aromatic heterocycles. The average molecular weight is 397 g/mol. The van der Waals surface area contributed by atoms with Gasteiger partial charge in [-0.15, -0.1) is 10.2 Å². The number of amides is 1. The fourth-order valence-electron chi connectivity index (χ4n) is 2.54. The van der Waals surface area contributed by atoms with Gasteiger partial charge in [0, 0.05) is 5.56 Å². The van der Waals surface area contributed by atoms with Gasteiger partial charge in [-0.25, -0.2) is 8.78 Å². The molecule has 0 unspecified atom stereocenters. The van der Waals surface area contributed by atoms with Crippen molar-refractivity contribution in [1.82, 2.24) is 19.8 Å². The average Bonchev–Trinajstić information content (AvgIpc) is 3.11. The van der Waals surface area contributed by atoms with Gasteiger partial charge < -0.3 is 5.32 Å². The molecule has 2 aromatic carbocycles. The van der Waals surface area contributed by atoms with Gasteiger partial charge in [0.15, 0.2) is 11.5 Å². The van der Waals surface area contributed by atoms with Gasteiger partial charge in [-0.2, -0.15) is 9.61 Å². The molecule has 0 bridgehead atoms. The fourth-order valence-corrected chi connectivity index (χ4v) is 3.20. The minimum Gasteiger partial charge on any atom is -0.323 e. The maximum Gasteiger partial charge on any atom is 0.234 e. The van der Waals surface area contributed by atoms with Crippen LogP contribution in [0.25, 0.3) is 17.0 Å². The molecule has 6 nitrogen and oxygen atoms in total. The lowest BCUT2D eigenvalue weighted by atomic mass is 10.2. The molecule has 0 aliphatic carbocycles. The second kappa shape index (κ2) is 7.73. The summed E-state index contributed by atoms with van der Waals surface area (Å²) in [6.45, 7) is 0. The van der Waals surface area contributed by atoms with Gasteiger partial charge in [-0.05, 0) is 36.4 Å². The van der Waals surface area contributed by atoms with Crippen molar-refractivity contribution in [3.8, 4) is 11.4 Å². The summed E-state index contributed by atoms with van der Waals surface area (Å²) in [5, 5.41) is 15.6. The van der Waals surface area contributed by atoms with Crippen molar-refractivity contribution in [2.45, 2.75) is 5.03 Å². The third-order valence-corrected chi connectivity index (χ3v) is 4.74. The van der Waals surface area contributed by atoms with Crippen LogP contribution in [0.4, 0.5) is 14.5 Å². The molecule has 4 rings (SSSR count). The summed E-state index contributed by atoms with van der Waals surface area (Å²) < 4.78 is 28.6. The van der Waals surface area contributed by atoms with Crippen LogP contribution < -0.4 is 5.32 Å². The monoisotopic (exact) mass is 397 g/mol. The highest BCUT2D eigenvalue weighted by Gasteiger charge is 2.12. The first-order valence-electron chi connectivity index (χ1n) is 8.26. The van der Waals surface area contributed by atoms with Crippen LogP contribution in [0.5, 0.6) is 0 Å². The molecule has 1 amide bonds. The summed E-state index contributed by atoms with van der Waals surface area (Å²) in [5.74, 6) is -0.794. The molecule has 0 aliphatic heterocycles. The number of fused-ring (bicyclic) bond motifs is 1. The lowest BCUT2D eigenvalue weighted by molar-refractivity contribution is -0.113. The van der Waals surface area contributed by atoms with Crippen molar-refractivity contribution in [1.29, 1.82) is 0 Å². The van der Waals surface area contributed by atoms with Gasteiger partial charge in [0.1, 0.15) is 16.7 Å². The minimum atomic E-state index is -0.496. The third-order valence-electron chi connectivity index (χ3n) is 3.82. The van der Waals surface area contributed by atoms with Crippen LogP contribution in [0.15, 0.2) is 65.7 Å². The quantitative estimate of drug-likeness (QED) is 0.519. The van der Waals surface area contributed by atoms with Crippen LogP contribution in [-0.2, 0) is 4.79 Å². The van der Waals surface area contributed by atoms with E-state index in [1.54, 1.807) is 36.4 Å². The number of benzene rings is 2. The minimum absolute atomic E-state index is 0.0459. The Bertz CT molecular complexity index is 1160. The SMILES string of the molecule is O=C(CSc1ccc2nnc(-c3cccc(F)c3)n2n1)Nc1ccccc1F. The maximum absolute atomic E-state index is 13.6. The highest BCUT2D eigenvalue weighted by atomic mass is 32.2. The van der Waals surface area contributed by atoms with Crippen molar-refractivity contribution < 1.29 is 13.6 Å². The Balaban J connectivity index is 1.51. The number of carbonyl (C=O) groups is 1. The van der Waals surface area contributed by atoms with Crippen molar-refractivity contribution in [3.63, 3.8) is 0 Å². The Morgan fingerprint density at radius 2 is 1.89 bits per heavy atom. The summed E-state index contributed by atoms with van der Waals surface area (Å²) in [6.07, 6.45) is 0. The van der Waals surface area contributed by atoms with Crippen molar-refractivity contribution in [3.05, 3.63) is 72.3 Å². The third kappa shape index (κ3) is 3.84. The number of aromatic nitrogens is 4. The van der Waals surface area contributed by atoms with Gasteiger partial charge >= 0.3 is 0 Å². The van der Waals surface area contributed by atoms with E-state index in [0.717, 1.165) is 0 Å². The molecule has 0 spiro atoms. The molecule has 1 N–H and O–H groups in total. The van der Waals surface area contributed by atoms with Crippen LogP contribution in [0.2, 0.25) is 0 Å². The summed E-state index contributed by atoms with van der Waals surface area (Å²) >= 11 is 1.18. The predicted molar refractivity (Wildman–Crippen MR) is 102 cm³/mol. The molecule has 9 heteroatoms. The Hall–Kier alpha value is -3.33. The zero-order valence-electron chi connectivity index (χ0n) is 14.3. The van der Waals surface area contributed by atoms with E-state index in [0.29, 0.717) is 22.1 Å². The second-order valence-corrected chi connectivity index (χ2v) is 6.79. The summed E-state index contributed by atoms with van der Waals surface area (Å²) in [7, 11) is 0. The van der Waals surface area contributed by atoms with Crippen molar-refractivity contribution >= 4 is 29.0 Å². The summed E-state index contributed by atoms with van der Waals surface area (Å²) in [5.41, 5.74) is 1.17. The fraction of sp³-hybridized carbons (Fsp3) is 0.0526. The smallest absolute Gasteiger partial charge is 0.234 e. The van der Waals surface area contributed by atoms with Gasteiger partial charge in [0.05, 0.1) is 11.4 Å². The van der Waals surface area contributed by atoms with Gasteiger partial charge in [0.25, 0.3) is 0 Å². The number of hydrogen-bond donors (Lipinski definition) is 1. The number of carbonyl (C=O) groups excluding carboxylic acids is 1. The summed E-state index contributed by atoms with van der Waals surface area (Å²) in [6, 6.07) is 15.4. The van der Waals surface area contributed by atoms with Gasteiger partial charge in [-0.1, -0.05) is 36.0 Å². The molecule has 140 valence electrons. The Morgan fingerprint density at radius 3 is 2.71 bits per heavy atom. The molecule has 2 heterocycles. The number of halogens is 2. The summed E-state index contributed by atoms with van der Waals surface area (Å²) in [4.78, 5) is 12.1. The van der Waals surface area contributed by atoms with E-state index in [9.17, 15) is 13.6 Å².